The molecule has 3 N–H and O–H groups in total. The predicted octanol–water partition coefficient (Wildman–Crippen LogP) is 1.15. The molecule has 3 aromatic heterocycles. The minimum Gasteiger partial charge on any atom is -0.399 e. The number of nitrogens with zero attached hydrogens (tertiary/aromatic N) is 5. The van der Waals surface area contributed by atoms with Crippen molar-refractivity contribution in [2.45, 2.75) is 30.2 Å². The van der Waals surface area contributed by atoms with Gasteiger partial charge < -0.3 is 11.1 Å². The molecule has 0 unspecified atom stereocenters. The Balaban J connectivity index is 1.36. The van der Waals surface area contributed by atoms with Gasteiger partial charge in [-0.25, -0.2) is 13.4 Å². The number of nitrogen functional groups attached to an aromatic ring is 1. The van der Waals surface area contributed by atoms with Crippen molar-refractivity contribution in [3.8, 4) is 0 Å². The highest BCUT2D eigenvalue weighted by Crippen LogP contribution is 2.31. The molecule has 0 radical (unpaired) electrons. The molecule has 4 heterocycles. The highest BCUT2D eigenvalue weighted by atomic mass is 32.2. The van der Waals surface area contributed by atoms with Crippen LogP contribution in [0.1, 0.15) is 30.0 Å². The summed E-state index contributed by atoms with van der Waals surface area (Å²) in [4.78, 5) is 9.31. The summed E-state index contributed by atoms with van der Waals surface area (Å²) in [5.41, 5.74) is 10.1. The maximum Gasteiger partial charge on any atom is 0.243 e. The molecule has 11 heteroatoms. The number of hydrogen-bond donors (Lipinski definition) is 2. The lowest BCUT2D eigenvalue weighted by Gasteiger charge is -2.31. The molecule has 34 heavy (non-hydrogen) atoms. The van der Waals surface area contributed by atoms with Crippen molar-refractivity contribution in [1.29, 1.82) is 0 Å². The van der Waals surface area contributed by atoms with Crippen molar-refractivity contribution >= 4 is 40.5 Å². The van der Waals surface area contributed by atoms with E-state index in [4.69, 9.17) is 10.7 Å². The van der Waals surface area contributed by atoms with Crippen LogP contribution < -0.4 is 16.5 Å². The van der Waals surface area contributed by atoms with E-state index in [1.165, 1.54) is 6.07 Å². The standard InChI is InChI=1S/C23H26BN7O2S/c24-20-15-28-31-22(27-14-16-3-2-8-26-13-16)12-21(29-23(20)31)17-6-9-30(10-7-17)34(32,33)19-5-1-4-18(25)11-19/h1-5,8,11-13,15,17,27H,6-7,9-10,14,24-25H2. The number of anilines is 2. The number of fused-ring (bicyclic) bond motifs is 1. The van der Waals surface area contributed by atoms with Crippen molar-refractivity contribution in [3.63, 3.8) is 0 Å². The first kappa shape index (κ1) is 22.4. The number of hydrogen-bond acceptors (Lipinski definition) is 7. The molecular formula is C23H26BN7O2S. The summed E-state index contributed by atoms with van der Waals surface area (Å²) in [5.74, 6) is 1.01. The second-order valence-electron chi connectivity index (χ2n) is 8.59. The van der Waals surface area contributed by atoms with Crippen LogP contribution in [0.2, 0.25) is 0 Å². The number of aromatic nitrogens is 4. The topological polar surface area (TPSA) is 119 Å². The van der Waals surface area contributed by atoms with E-state index in [1.54, 1.807) is 28.7 Å². The molecule has 1 aromatic carbocycles. The molecule has 5 rings (SSSR count). The highest BCUT2D eigenvalue weighted by Gasteiger charge is 2.31. The number of sulfonamides is 1. The lowest BCUT2D eigenvalue weighted by Crippen LogP contribution is -2.38. The summed E-state index contributed by atoms with van der Waals surface area (Å²) in [5, 5.41) is 7.94. The second kappa shape index (κ2) is 9.07. The Hall–Kier alpha value is -3.44. The van der Waals surface area contributed by atoms with E-state index in [2.05, 4.69) is 15.4 Å². The zero-order valence-electron chi connectivity index (χ0n) is 18.9. The maximum atomic E-state index is 13.1. The van der Waals surface area contributed by atoms with Crippen LogP contribution in [0, 0.1) is 0 Å². The third-order valence-electron chi connectivity index (χ3n) is 6.23. The van der Waals surface area contributed by atoms with E-state index in [-0.39, 0.29) is 10.8 Å². The van der Waals surface area contributed by atoms with Crippen LogP contribution in [0.25, 0.3) is 5.65 Å². The summed E-state index contributed by atoms with van der Waals surface area (Å²) in [7, 11) is -1.58. The molecule has 0 amide bonds. The van der Waals surface area contributed by atoms with Crippen LogP contribution >= 0.6 is 0 Å². The number of rotatable bonds is 6. The smallest absolute Gasteiger partial charge is 0.243 e. The molecular weight excluding hydrogens is 449 g/mol. The summed E-state index contributed by atoms with van der Waals surface area (Å²) in [6, 6.07) is 12.4. The fourth-order valence-electron chi connectivity index (χ4n) is 4.34. The van der Waals surface area contributed by atoms with Crippen molar-refractivity contribution in [2.75, 3.05) is 24.1 Å². The Kier molecular flexibility index (Phi) is 5.97. The minimum absolute atomic E-state index is 0.158. The van der Waals surface area contributed by atoms with Crippen LogP contribution in [-0.4, -0.2) is 53.2 Å². The molecule has 4 aromatic rings. The van der Waals surface area contributed by atoms with E-state index in [1.807, 2.05) is 43.0 Å². The minimum atomic E-state index is -3.57. The highest BCUT2D eigenvalue weighted by molar-refractivity contribution is 7.89. The summed E-state index contributed by atoms with van der Waals surface area (Å²) in [6.45, 7) is 1.49. The fourth-order valence-corrected chi connectivity index (χ4v) is 5.86. The molecule has 0 aliphatic carbocycles. The van der Waals surface area contributed by atoms with Crippen molar-refractivity contribution in [3.05, 3.63) is 72.3 Å². The predicted molar refractivity (Wildman–Crippen MR) is 134 cm³/mol. The van der Waals surface area contributed by atoms with Gasteiger partial charge >= 0.3 is 0 Å². The Labute approximate surface area is 199 Å². The number of nitrogens with two attached hydrogens (primary N) is 1. The van der Waals surface area contributed by atoms with Crippen molar-refractivity contribution in [2.24, 2.45) is 0 Å². The summed E-state index contributed by atoms with van der Waals surface area (Å²) < 4.78 is 29.5. The average molecular weight is 475 g/mol. The van der Waals surface area contributed by atoms with Gasteiger partial charge in [0.2, 0.25) is 10.0 Å². The SMILES string of the molecule is Bc1cnn2c(NCc3cccnc3)cc(C3CCN(S(=O)(=O)c4cccc(N)c4)CC3)nc12. The van der Waals surface area contributed by atoms with Gasteiger partial charge in [0, 0.05) is 61.6 Å². The molecule has 0 saturated carbocycles. The monoisotopic (exact) mass is 475 g/mol. The molecule has 1 aliphatic rings. The van der Waals surface area contributed by atoms with Crippen LogP contribution in [0.4, 0.5) is 11.5 Å². The van der Waals surface area contributed by atoms with Crippen LogP contribution in [0.15, 0.2) is 66.0 Å². The lowest BCUT2D eigenvalue weighted by molar-refractivity contribution is 0.317. The maximum absolute atomic E-state index is 13.1. The van der Waals surface area contributed by atoms with E-state index in [9.17, 15) is 8.42 Å². The van der Waals surface area contributed by atoms with Crippen LogP contribution in [0.5, 0.6) is 0 Å². The Morgan fingerprint density at radius 1 is 1.12 bits per heavy atom. The average Bonchev–Trinajstić information content (AvgIpc) is 3.24. The Morgan fingerprint density at radius 2 is 1.94 bits per heavy atom. The van der Waals surface area contributed by atoms with Gasteiger partial charge in [-0.15, -0.1) is 0 Å². The van der Waals surface area contributed by atoms with Gasteiger partial charge in [0.15, 0.2) is 5.65 Å². The second-order valence-corrected chi connectivity index (χ2v) is 10.5. The molecule has 0 atom stereocenters. The third-order valence-corrected chi connectivity index (χ3v) is 8.13. The van der Waals surface area contributed by atoms with Crippen LogP contribution in [0.3, 0.4) is 0 Å². The van der Waals surface area contributed by atoms with Gasteiger partial charge in [0.1, 0.15) is 13.7 Å². The first-order chi connectivity index (χ1) is 16.4. The summed E-state index contributed by atoms with van der Waals surface area (Å²) in [6.07, 6.45) is 6.78. The third kappa shape index (κ3) is 4.36. The Morgan fingerprint density at radius 3 is 2.68 bits per heavy atom. The first-order valence-corrected chi connectivity index (χ1v) is 12.7. The first-order valence-electron chi connectivity index (χ1n) is 11.3. The zero-order valence-corrected chi connectivity index (χ0v) is 19.7. The molecule has 0 bridgehead atoms. The van der Waals surface area contributed by atoms with E-state index in [0.717, 1.165) is 28.2 Å². The van der Waals surface area contributed by atoms with Gasteiger partial charge in [-0.3, -0.25) is 4.98 Å². The van der Waals surface area contributed by atoms with E-state index >= 15 is 0 Å². The fraction of sp³-hybridized carbons (Fsp3) is 0.261. The number of piperidine rings is 1. The number of pyridine rings is 1. The molecule has 9 nitrogen and oxygen atoms in total. The summed E-state index contributed by atoms with van der Waals surface area (Å²) >= 11 is 0. The van der Waals surface area contributed by atoms with Crippen molar-refractivity contribution < 1.29 is 8.42 Å². The van der Waals surface area contributed by atoms with Crippen LogP contribution in [-0.2, 0) is 16.6 Å². The molecule has 1 saturated heterocycles. The molecule has 1 fully saturated rings. The van der Waals surface area contributed by atoms with E-state index in [0.29, 0.717) is 38.2 Å². The molecule has 1 aliphatic heterocycles. The van der Waals surface area contributed by atoms with Gasteiger partial charge in [0.25, 0.3) is 0 Å². The normalized spacial score (nSPS) is 15.5. The van der Waals surface area contributed by atoms with Crippen molar-refractivity contribution in [1.82, 2.24) is 23.9 Å². The largest absolute Gasteiger partial charge is 0.399 e. The zero-order chi connectivity index (χ0) is 23.7. The molecule has 0 spiro atoms. The van der Waals surface area contributed by atoms with Gasteiger partial charge in [-0.05, 0) is 48.1 Å². The number of benzene rings is 1. The van der Waals surface area contributed by atoms with Gasteiger partial charge in [-0.1, -0.05) is 12.1 Å². The van der Waals surface area contributed by atoms with E-state index < -0.39 is 10.0 Å². The van der Waals surface area contributed by atoms with Gasteiger partial charge in [-0.2, -0.15) is 13.9 Å². The lowest BCUT2D eigenvalue weighted by atomic mass is 9.94. The molecule has 174 valence electrons. The quantitative estimate of drug-likeness (QED) is 0.317. The Bertz CT molecular complexity index is 1420. The van der Waals surface area contributed by atoms with Gasteiger partial charge in [0.05, 0.1) is 4.90 Å². The number of nitrogens with one attached hydrogen (secondary N) is 1.